The highest BCUT2D eigenvalue weighted by atomic mass is 16.4. The minimum atomic E-state index is -1.43. The van der Waals surface area contributed by atoms with Gasteiger partial charge in [0.2, 0.25) is 0 Å². The number of hydrogen-bond donors (Lipinski definition) is 3. The average Bonchev–Trinajstić information content (AvgIpc) is 2.43. The molecule has 0 aliphatic carbocycles. The molecule has 0 radical (unpaired) electrons. The number of nitriles is 1. The molecule has 1 aromatic heterocycles. The highest BCUT2D eigenvalue weighted by molar-refractivity contribution is 5.90. The number of nitrogens with two attached hydrogens (primary N) is 1. The SMILES string of the molecule is N#Cc1c(C(=O)O)nn(CC(=O)O)c1N. The number of nitrogens with zero attached hydrogens (tertiary/aromatic N) is 3. The maximum atomic E-state index is 10.6. The standard InChI is InChI=1S/C7H6N4O4/c8-1-3-5(7(14)15)10-11(6(3)9)2-4(12)13/h2,9H2,(H,12,13)(H,14,15). The number of carboxylic acids is 2. The summed E-state index contributed by atoms with van der Waals surface area (Å²) in [5.41, 5.74) is 4.48. The average molecular weight is 210 g/mol. The lowest BCUT2D eigenvalue weighted by Crippen LogP contribution is -2.13. The summed E-state index contributed by atoms with van der Waals surface area (Å²) in [7, 11) is 0. The van der Waals surface area contributed by atoms with Crippen LogP contribution in [0.15, 0.2) is 0 Å². The Hall–Kier alpha value is -2.56. The van der Waals surface area contributed by atoms with E-state index < -0.39 is 24.2 Å². The Bertz CT molecular complexity index is 470. The predicted octanol–water partition coefficient (Wildman–Crippen LogP) is -0.880. The zero-order valence-electron chi connectivity index (χ0n) is 7.34. The summed E-state index contributed by atoms with van der Waals surface area (Å²) < 4.78 is 0.754. The van der Waals surface area contributed by atoms with Crippen LogP contribution in [-0.4, -0.2) is 31.9 Å². The van der Waals surface area contributed by atoms with Crippen molar-refractivity contribution in [2.45, 2.75) is 6.54 Å². The second kappa shape index (κ2) is 3.67. The molecule has 0 atom stereocenters. The van der Waals surface area contributed by atoms with Gasteiger partial charge in [0.25, 0.3) is 0 Å². The van der Waals surface area contributed by atoms with Crippen LogP contribution in [-0.2, 0) is 11.3 Å². The van der Waals surface area contributed by atoms with Crippen molar-refractivity contribution < 1.29 is 19.8 Å². The van der Waals surface area contributed by atoms with E-state index in [1.807, 2.05) is 0 Å². The van der Waals surface area contributed by atoms with Crippen LogP contribution < -0.4 is 5.73 Å². The van der Waals surface area contributed by atoms with Crippen LogP contribution in [0.5, 0.6) is 0 Å². The number of rotatable bonds is 3. The van der Waals surface area contributed by atoms with E-state index in [2.05, 4.69) is 5.10 Å². The van der Waals surface area contributed by atoms with Crippen molar-refractivity contribution >= 4 is 17.8 Å². The van der Waals surface area contributed by atoms with Crippen LogP contribution in [0.3, 0.4) is 0 Å². The summed E-state index contributed by atoms with van der Waals surface area (Å²) in [6.07, 6.45) is 0. The van der Waals surface area contributed by atoms with E-state index in [-0.39, 0.29) is 11.4 Å². The molecular formula is C7H6N4O4. The molecule has 0 saturated carbocycles. The molecule has 0 unspecified atom stereocenters. The van der Waals surface area contributed by atoms with E-state index in [1.54, 1.807) is 6.07 Å². The molecular weight excluding hydrogens is 204 g/mol. The maximum Gasteiger partial charge on any atom is 0.357 e. The first kappa shape index (κ1) is 10.5. The van der Waals surface area contributed by atoms with Crippen molar-refractivity contribution in [2.75, 3.05) is 5.73 Å². The zero-order valence-corrected chi connectivity index (χ0v) is 7.34. The van der Waals surface area contributed by atoms with Crippen LogP contribution in [0.2, 0.25) is 0 Å². The molecule has 15 heavy (non-hydrogen) atoms. The monoisotopic (exact) mass is 210 g/mol. The van der Waals surface area contributed by atoms with Gasteiger partial charge in [-0.3, -0.25) is 4.79 Å². The molecule has 0 aliphatic heterocycles. The van der Waals surface area contributed by atoms with Crippen LogP contribution in [0.1, 0.15) is 16.1 Å². The second-order valence-electron chi connectivity index (χ2n) is 2.58. The predicted molar refractivity (Wildman–Crippen MR) is 45.9 cm³/mol. The van der Waals surface area contributed by atoms with Gasteiger partial charge in [0.1, 0.15) is 24.0 Å². The molecule has 0 spiro atoms. The zero-order chi connectivity index (χ0) is 11.6. The Morgan fingerprint density at radius 1 is 1.53 bits per heavy atom. The highest BCUT2D eigenvalue weighted by Crippen LogP contribution is 2.15. The van der Waals surface area contributed by atoms with Crippen LogP contribution >= 0.6 is 0 Å². The van der Waals surface area contributed by atoms with Gasteiger partial charge in [0.05, 0.1) is 0 Å². The molecule has 1 heterocycles. The van der Waals surface area contributed by atoms with Crippen molar-refractivity contribution in [1.82, 2.24) is 9.78 Å². The molecule has 8 nitrogen and oxygen atoms in total. The Morgan fingerprint density at radius 2 is 2.13 bits per heavy atom. The van der Waals surface area contributed by atoms with Gasteiger partial charge < -0.3 is 15.9 Å². The third-order valence-electron chi connectivity index (χ3n) is 1.59. The number of nitrogen functional groups attached to an aromatic ring is 1. The van der Waals surface area contributed by atoms with E-state index in [0.717, 1.165) is 4.68 Å². The quantitative estimate of drug-likeness (QED) is 0.587. The smallest absolute Gasteiger partial charge is 0.357 e. The summed E-state index contributed by atoms with van der Waals surface area (Å²) in [6.45, 7) is -0.589. The first-order valence-corrected chi connectivity index (χ1v) is 3.68. The Morgan fingerprint density at radius 3 is 2.47 bits per heavy atom. The van der Waals surface area contributed by atoms with Crippen molar-refractivity contribution in [3.63, 3.8) is 0 Å². The molecule has 0 aliphatic rings. The Balaban J connectivity index is 3.28. The third kappa shape index (κ3) is 1.86. The molecule has 0 fully saturated rings. The van der Waals surface area contributed by atoms with Gasteiger partial charge in [-0.15, -0.1) is 0 Å². The lowest BCUT2D eigenvalue weighted by atomic mass is 10.2. The summed E-state index contributed by atoms with van der Waals surface area (Å²) in [5.74, 6) is -2.93. The fourth-order valence-corrected chi connectivity index (χ4v) is 0.984. The molecule has 0 aromatic carbocycles. The molecule has 0 amide bonds. The number of aromatic carboxylic acids is 1. The van der Waals surface area contributed by atoms with Crippen molar-refractivity contribution in [3.8, 4) is 6.07 Å². The normalized spacial score (nSPS) is 9.53. The van der Waals surface area contributed by atoms with Gasteiger partial charge in [-0.25, -0.2) is 9.48 Å². The van der Waals surface area contributed by atoms with Crippen molar-refractivity contribution in [1.29, 1.82) is 5.26 Å². The molecule has 0 saturated heterocycles. The van der Waals surface area contributed by atoms with E-state index in [1.165, 1.54) is 0 Å². The number of aromatic nitrogens is 2. The van der Waals surface area contributed by atoms with Crippen LogP contribution in [0.25, 0.3) is 0 Å². The number of aliphatic carboxylic acids is 1. The van der Waals surface area contributed by atoms with Crippen molar-refractivity contribution in [3.05, 3.63) is 11.3 Å². The Labute approximate surface area is 83.1 Å². The molecule has 8 heteroatoms. The van der Waals surface area contributed by atoms with Gasteiger partial charge in [0.15, 0.2) is 5.69 Å². The lowest BCUT2D eigenvalue weighted by molar-refractivity contribution is -0.137. The van der Waals surface area contributed by atoms with E-state index in [4.69, 9.17) is 21.2 Å². The van der Waals surface area contributed by atoms with Gasteiger partial charge in [-0.2, -0.15) is 10.4 Å². The second-order valence-corrected chi connectivity index (χ2v) is 2.58. The van der Waals surface area contributed by atoms with Gasteiger partial charge in [0, 0.05) is 0 Å². The lowest BCUT2D eigenvalue weighted by Gasteiger charge is -1.97. The number of hydrogen-bond acceptors (Lipinski definition) is 5. The van der Waals surface area contributed by atoms with Gasteiger partial charge >= 0.3 is 11.9 Å². The molecule has 78 valence electrons. The summed E-state index contributed by atoms with van der Waals surface area (Å²) in [4.78, 5) is 21.0. The molecule has 4 N–H and O–H groups in total. The van der Waals surface area contributed by atoms with Crippen LogP contribution in [0, 0.1) is 11.3 Å². The largest absolute Gasteiger partial charge is 0.480 e. The summed E-state index contributed by atoms with van der Waals surface area (Å²) >= 11 is 0. The molecule has 0 bridgehead atoms. The number of carboxylic acid groups (broad SMARTS) is 2. The fourth-order valence-electron chi connectivity index (χ4n) is 0.984. The van der Waals surface area contributed by atoms with Crippen LogP contribution in [0.4, 0.5) is 5.82 Å². The fraction of sp³-hybridized carbons (Fsp3) is 0.143. The minimum Gasteiger partial charge on any atom is -0.480 e. The minimum absolute atomic E-state index is 0.266. The summed E-state index contributed by atoms with van der Waals surface area (Å²) in [5, 5.41) is 29.1. The Kier molecular flexibility index (Phi) is 2.57. The van der Waals surface area contributed by atoms with Gasteiger partial charge in [-0.05, 0) is 0 Å². The first-order chi connectivity index (χ1) is 6.97. The highest BCUT2D eigenvalue weighted by Gasteiger charge is 2.21. The van der Waals surface area contributed by atoms with Crippen molar-refractivity contribution in [2.24, 2.45) is 0 Å². The molecule has 1 rings (SSSR count). The maximum absolute atomic E-state index is 10.6. The third-order valence-corrected chi connectivity index (χ3v) is 1.59. The van der Waals surface area contributed by atoms with E-state index in [9.17, 15) is 9.59 Å². The first-order valence-electron chi connectivity index (χ1n) is 3.68. The summed E-state index contributed by atoms with van der Waals surface area (Å²) in [6, 6.07) is 1.56. The van der Waals surface area contributed by atoms with E-state index >= 15 is 0 Å². The number of carbonyl (C=O) groups is 2. The topological polar surface area (TPSA) is 142 Å². The number of anilines is 1. The van der Waals surface area contributed by atoms with Gasteiger partial charge in [-0.1, -0.05) is 0 Å². The van der Waals surface area contributed by atoms with E-state index in [0.29, 0.717) is 0 Å². The molecule has 1 aromatic rings.